The molecular formula is C17H32N2O5. The second kappa shape index (κ2) is 12.6. The fourth-order valence-corrected chi connectivity index (χ4v) is 2.10. The molecule has 0 aromatic heterocycles. The number of ether oxygens (including phenoxy) is 2. The Bertz CT molecular complexity index is 398. The molecule has 0 aromatic carbocycles. The minimum absolute atomic E-state index is 0.193. The van der Waals surface area contributed by atoms with Crippen LogP contribution in [0.4, 0.5) is 4.79 Å². The molecule has 24 heavy (non-hydrogen) atoms. The summed E-state index contributed by atoms with van der Waals surface area (Å²) in [7, 11) is 1.23. The Morgan fingerprint density at radius 1 is 1.00 bits per heavy atom. The lowest BCUT2D eigenvalue weighted by Gasteiger charge is -2.21. The van der Waals surface area contributed by atoms with Crippen molar-refractivity contribution in [2.24, 2.45) is 5.92 Å². The fraction of sp³-hybridized carbons (Fsp3) is 0.824. The fourth-order valence-electron chi connectivity index (χ4n) is 2.10. The van der Waals surface area contributed by atoms with Gasteiger partial charge in [-0.25, -0.2) is 9.59 Å². The summed E-state index contributed by atoms with van der Waals surface area (Å²) >= 11 is 0. The highest BCUT2D eigenvalue weighted by atomic mass is 16.5. The lowest BCUT2D eigenvalue weighted by molar-refractivity contribution is -0.147. The molecule has 0 rings (SSSR count). The summed E-state index contributed by atoms with van der Waals surface area (Å²) in [5.41, 5.74) is 0. The maximum atomic E-state index is 12.3. The number of nitrogens with one attached hydrogen (secondary N) is 2. The van der Waals surface area contributed by atoms with Gasteiger partial charge in [0.1, 0.15) is 12.1 Å². The SMILES string of the molecule is CCCCCCOC(=O)C(C)NC(=O)C(CC(C)C)NC(=O)OC. The van der Waals surface area contributed by atoms with Crippen LogP contribution in [0.5, 0.6) is 0 Å². The first-order chi connectivity index (χ1) is 11.3. The minimum atomic E-state index is -0.766. The number of esters is 1. The molecule has 0 spiro atoms. The second-order valence-corrected chi connectivity index (χ2v) is 6.28. The van der Waals surface area contributed by atoms with Gasteiger partial charge >= 0.3 is 12.1 Å². The van der Waals surface area contributed by atoms with Crippen LogP contribution in [0.25, 0.3) is 0 Å². The second-order valence-electron chi connectivity index (χ2n) is 6.28. The van der Waals surface area contributed by atoms with E-state index in [-0.39, 0.29) is 5.92 Å². The van der Waals surface area contributed by atoms with Gasteiger partial charge in [-0.2, -0.15) is 0 Å². The largest absolute Gasteiger partial charge is 0.464 e. The molecule has 2 amide bonds. The molecule has 0 aliphatic rings. The van der Waals surface area contributed by atoms with Gasteiger partial charge in [0.25, 0.3) is 0 Å². The number of hydrogen-bond acceptors (Lipinski definition) is 5. The van der Waals surface area contributed by atoms with E-state index in [1.807, 2.05) is 13.8 Å². The zero-order valence-corrected chi connectivity index (χ0v) is 15.5. The average Bonchev–Trinajstić information content (AvgIpc) is 2.52. The molecule has 0 fully saturated rings. The first-order valence-electron chi connectivity index (χ1n) is 8.63. The van der Waals surface area contributed by atoms with Crippen LogP contribution in [0.2, 0.25) is 0 Å². The third-order valence-electron chi connectivity index (χ3n) is 3.46. The number of methoxy groups -OCH3 is 1. The normalized spacial score (nSPS) is 13.1. The Balaban J connectivity index is 4.39. The molecule has 0 heterocycles. The summed E-state index contributed by atoms with van der Waals surface area (Å²) in [6.45, 7) is 7.91. The number of amides is 2. The summed E-state index contributed by atoms with van der Waals surface area (Å²) in [6.07, 6.45) is 3.83. The van der Waals surface area contributed by atoms with Crippen LogP contribution in [0, 0.1) is 5.92 Å². The highest BCUT2D eigenvalue weighted by Gasteiger charge is 2.25. The summed E-state index contributed by atoms with van der Waals surface area (Å²) in [5.74, 6) is -0.704. The summed E-state index contributed by atoms with van der Waals surface area (Å²) < 4.78 is 9.68. The lowest BCUT2D eigenvalue weighted by atomic mass is 10.0. The molecule has 0 aromatic rings. The Kier molecular flexibility index (Phi) is 11.7. The van der Waals surface area contributed by atoms with E-state index in [0.29, 0.717) is 13.0 Å². The monoisotopic (exact) mass is 344 g/mol. The van der Waals surface area contributed by atoms with Gasteiger partial charge in [0.15, 0.2) is 0 Å². The molecule has 2 atom stereocenters. The Morgan fingerprint density at radius 3 is 2.21 bits per heavy atom. The summed E-state index contributed by atoms with van der Waals surface area (Å²) in [6, 6.07) is -1.52. The van der Waals surface area contributed by atoms with E-state index in [1.54, 1.807) is 6.92 Å². The predicted molar refractivity (Wildman–Crippen MR) is 91.5 cm³/mol. The topological polar surface area (TPSA) is 93.7 Å². The van der Waals surface area contributed by atoms with Crippen LogP contribution in [-0.4, -0.2) is 43.8 Å². The average molecular weight is 344 g/mol. The third kappa shape index (κ3) is 10.1. The van der Waals surface area contributed by atoms with E-state index in [0.717, 1.165) is 25.7 Å². The van der Waals surface area contributed by atoms with E-state index in [4.69, 9.17) is 4.74 Å². The maximum Gasteiger partial charge on any atom is 0.407 e. The van der Waals surface area contributed by atoms with Crippen LogP contribution in [-0.2, 0) is 19.1 Å². The minimum Gasteiger partial charge on any atom is -0.464 e. The number of alkyl carbamates (subject to hydrolysis) is 1. The molecule has 0 radical (unpaired) electrons. The van der Waals surface area contributed by atoms with E-state index in [2.05, 4.69) is 22.3 Å². The molecule has 0 aliphatic heterocycles. The molecular weight excluding hydrogens is 312 g/mol. The lowest BCUT2D eigenvalue weighted by Crippen LogP contribution is -2.51. The zero-order chi connectivity index (χ0) is 18.5. The van der Waals surface area contributed by atoms with E-state index in [1.165, 1.54) is 7.11 Å². The number of hydrogen-bond donors (Lipinski definition) is 2. The van der Waals surface area contributed by atoms with Crippen molar-refractivity contribution in [2.45, 2.75) is 71.9 Å². The van der Waals surface area contributed by atoms with Gasteiger partial charge in [-0.15, -0.1) is 0 Å². The number of unbranched alkanes of at least 4 members (excludes halogenated alkanes) is 3. The molecule has 2 unspecified atom stereocenters. The van der Waals surface area contributed by atoms with Crippen molar-refractivity contribution in [1.29, 1.82) is 0 Å². The van der Waals surface area contributed by atoms with Crippen LogP contribution >= 0.6 is 0 Å². The van der Waals surface area contributed by atoms with Gasteiger partial charge in [0.05, 0.1) is 13.7 Å². The van der Waals surface area contributed by atoms with Crippen LogP contribution < -0.4 is 10.6 Å². The Labute approximate surface area is 144 Å². The highest BCUT2D eigenvalue weighted by molar-refractivity contribution is 5.89. The standard InChI is InChI=1S/C17H32N2O5/c1-6-7-8-9-10-24-16(21)13(4)18-15(20)14(11-12(2)3)19-17(22)23-5/h12-14H,6-11H2,1-5H3,(H,18,20)(H,19,22). The molecule has 0 aliphatic carbocycles. The summed E-state index contributed by atoms with van der Waals surface area (Å²) in [5, 5.41) is 5.07. The first kappa shape index (κ1) is 22.2. The Morgan fingerprint density at radius 2 is 1.67 bits per heavy atom. The van der Waals surface area contributed by atoms with Gasteiger partial charge in [0.2, 0.25) is 5.91 Å². The predicted octanol–water partition coefficient (Wildman–Crippen LogP) is 2.39. The molecule has 0 bridgehead atoms. The molecule has 2 N–H and O–H groups in total. The van der Waals surface area contributed by atoms with E-state index >= 15 is 0 Å². The third-order valence-corrected chi connectivity index (χ3v) is 3.46. The van der Waals surface area contributed by atoms with Crippen LogP contribution in [0.3, 0.4) is 0 Å². The number of carbonyl (C=O) groups excluding carboxylic acids is 3. The van der Waals surface area contributed by atoms with Crippen LogP contribution in [0.15, 0.2) is 0 Å². The smallest absolute Gasteiger partial charge is 0.407 e. The van der Waals surface area contributed by atoms with Crippen molar-refractivity contribution in [3.05, 3.63) is 0 Å². The first-order valence-corrected chi connectivity index (χ1v) is 8.63. The van der Waals surface area contributed by atoms with Crippen molar-refractivity contribution >= 4 is 18.0 Å². The van der Waals surface area contributed by atoms with Gasteiger partial charge in [-0.05, 0) is 25.7 Å². The molecule has 7 nitrogen and oxygen atoms in total. The van der Waals surface area contributed by atoms with Crippen molar-refractivity contribution in [1.82, 2.24) is 10.6 Å². The Hall–Kier alpha value is -1.79. The summed E-state index contributed by atoms with van der Waals surface area (Å²) in [4.78, 5) is 35.5. The highest BCUT2D eigenvalue weighted by Crippen LogP contribution is 2.06. The van der Waals surface area contributed by atoms with Gasteiger partial charge in [-0.1, -0.05) is 40.0 Å². The zero-order valence-electron chi connectivity index (χ0n) is 15.5. The van der Waals surface area contributed by atoms with Gasteiger partial charge in [-0.3, -0.25) is 4.79 Å². The van der Waals surface area contributed by atoms with Crippen molar-refractivity contribution < 1.29 is 23.9 Å². The molecule has 0 saturated carbocycles. The number of rotatable bonds is 11. The molecule has 7 heteroatoms. The van der Waals surface area contributed by atoms with Crippen molar-refractivity contribution in [2.75, 3.05) is 13.7 Å². The quantitative estimate of drug-likeness (QED) is 0.443. The van der Waals surface area contributed by atoms with Gasteiger partial charge in [0, 0.05) is 0 Å². The maximum absolute atomic E-state index is 12.3. The van der Waals surface area contributed by atoms with E-state index < -0.39 is 30.1 Å². The van der Waals surface area contributed by atoms with Crippen molar-refractivity contribution in [3.63, 3.8) is 0 Å². The number of carbonyl (C=O) groups is 3. The van der Waals surface area contributed by atoms with E-state index in [9.17, 15) is 14.4 Å². The molecule has 140 valence electrons. The van der Waals surface area contributed by atoms with Gasteiger partial charge < -0.3 is 20.1 Å². The molecule has 0 saturated heterocycles. The van der Waals surface area contributed by atoms with Crippen LogP contribution in [0.1, 0.15) is 59.8 Å². The van der Waals surface area contributed by atoms with Crippen molar-refractivity contribution in [3.8, 4) is 0 Å².